The van der Waals surface area contributed by atoms with Crippen molar-refractivity contribution in [3.8, 4) is 11.8 Å². The van der Waals surface area contributed by atoms with E-state index in [0.717, 1.165) is 0 Å². The van der Waals surface area contributed by atoms with Crippen LogP contribution in [0.15, 0.2) is 44.9 Å². The molecule has 7 heteroatoms. The standard InChI is InChI=1S/C16H10Cl2N2O3/c1-7-5-11-14(16(21)22-7)12(8(6-19)15(20)23-11)13-9(17)3-2-4-10(13)18/h2-5,12H,20H2,1H3. The Morgan fingerprint density at radius 1 is 1.26 bits per heavy atom. The summed E-state index contributed by atoms with van der Waals surface area (Å²) < 4.78 is 10.6. The Balaban J connectivity index is 2.40. The molecule has 1 aromatic heterocycles. The lowest BCUT2D eigenvalue weighted by Gasteiger charge is -2.26. The number of nitriles is 1. The lowest BCUT2D eigenvalue weighted by Crippen LogP contribution is -2.26. The Morgan fingerprint density at radius 2 is 1.91 bits per heavy atom. The molecular weight excluding hydrogens is 339 g/mol. The van der Waals surface area contributed by atoms with Crippen LogP contribution in [0.5, 0.6) is 5.75 Å². The van der Waals surface area contributed by atoms with Crippen LogP contribution in [0.2, 0.25) is 10.0 Å². The molecule has 3 rings (SSSR count). The van der Waals surface area contributed by atoms with Crippen molar-refractivity contribution in [2.24, 2.45) is 5.73 Å². The van der Waals surface area contributed by atoms with E-state index >= 15 is 0 Å². The van der Waals surface area contributed by atoms with Gasteiger partial charge in [-0.15, -0.1) is 0 Å². The van der Waals surface area contributed by atoms with Crippen molar-refractivity contribution >= 4 is 23.2 Å². The quantitative estimate of drug-likeness (QED) is 0.851. The van der Waals surface area contributed by atoms with Crippen LogP contribution in [0.3, 0.4) is 0 Å². The van der Waals surface area contributed by atoms with Gasteiger partial charge in [0.05, 0.1) is 11.5 Å². The van der Waals surface area contributed by atoms with Gasteiger partial charge in [-0.1, -0.05) is 29.3 Å². The average Bonchev–Trinajstić information content (AvgIpc) is 2.46. The first-order chi connectivity index (χ1) is 10.9. The number of hydrogen-bond acceptors (Lipinski definition) is 5. The predicted octanol–water partition coefficient (Wildman–Crippen LogP) is 3.47. The Kier molecular flexibility index (Phi) is 3.80. The first-order valence-electron chi connectivity index (χ1n) is 6.60. The van der Waals surface area contributed by atoms with Gasteiger partial charge in [0.1, 0.15) is 23.2 Å². The van der Waals surface area contributed by atoms with Crippen LogP contribution >= 0.6 is 23.2 Å². The van der Waals surface area contributed by atoms with Crippen LogP contribution in [-0.2, 0) is 0 Å². The molecule has 116 valence electrons. The molecule has 1 unspecified atom stereocenters. The van der Waals surface area contributed by atoms with Gasteiger partial charge in [0.25, 0.3) is 0 Å². The molecule has 0 bridgehead atoms. The molecule has 1 atom stereocenters. The molecule has 2 aromatic rings. The van der Waals surface area contributed by atoms with E-state index in [2.05, 4.69) is 0 Å². The van der Waals surface area contributed by atoms with E-state index in [4.69, 9.17) is 38.1 Å². The average molecular weight is 349 g/mol. The highest BCUT2D eigenvalue weighted by molar-refractivity contribution is 6.36. The molecule has 2 heterocycles. The smallest absolute Gasteiger partial charge is 0.343 e. The number of rotatable bonds is 1. The summed E-state index contributed by atoms with van der Waals surface area (Å²) in [6.07, 6.45) is 0. The number of nitrogens with two attached hydrogens (primary N) is 1. The minimum atomic E-state index is -0.846. The second kappa shape index (κ2) is 5.65. The largest absolute Gasteiger partial charge is 0.440 e. The van der Waals surface area contributed by atoms with Crippen LogP contribution in [0, 0.1) is 18.3 Å². The van der Waals surface area contributed by atoms with Gasteiger partial charge in [-0.05, 0) is 19.1 Å². The molecule has 0 amide bonds. The third kappa shape index (κ3) is 2.46. The maximum Gasteiger partial charge on any atom is 0.343 e. The zero-order valence-electron chi connectivity index (χ0n) is 11.9. The molecule has 5 nitrogen and oxygen atoms in total. The molecule has 0 spiro atoms. The Morgan fingerprint density at radius 3 is 2.52 bits per heavy atom. The van der Waals surface area contributed by atoms with E-state index in [0.29, 0.717) is 21.4 Å². The van der Waals surface area contributed by atoms with Gasteiger partial charge in [-0.2, -0.15) is 5.26 Å². The molecule has 0 saturated carbocycles. The summed E-state index contributed by atoms with van der Waals surface area (Å²) in [6.45, 7) is 1.61. The van der Waals surface area contributed by atoms with Gasteiger partial charge >= 0.3 is 5.63 Å². The van der Waals surface area contributed by atoms with Crippen molar-refractivity contribution in [1.82, 2.24) is 0 Å². The number of nitrogens with zero attached hydrogens (tertiary/aromatic N) is 1. The molecule has 1 aliphatic rings. The molecule has 0 aliphatic carbocycles. The van der Waals surface area contributed by atoms with Crippen LogP contribution in [-0.4, -0.2) is 0 Å². The number of halogens is 2. The molecule has 2 N–H and O–H groups in total. The van der Waals surface area contributed by atoms with Crippen molar-refractivity contribution in [3.63, 3.8) is 0 Å². The molecule has 0 saturated heterocycles. The first-order valence-corrected chi connectivity index (χ1v) is 7.35. The van der Waals surface area contributed by atoms with Crippen LogP contribution in [0.25, 0.3) is 0 Å². The molecule has 1 aromatic carbocycles. The third-order valence-electron chi connectivity index (χ3n) is 3.54. The number of allylic oxidation sites excluding steroid dienone is 1. The topological polar surface area (TPSA) is 89.2 Å². The van der Waals surface area contributed by atoms with Crippen LogP contribution in [0.1, 0.15) is 22.8 Å². The summed E-state index contributed by atoms with van der Waals surface area (Å²) in [4.78, 5) is 12.4. The third-order valence-corrected chi connectivity index (χ3v) is 4.20. The zero-order valence-corrected chi connectivity index (χ0v) is 13.4. The number of ether oxygens (including phenoxy) is 1. The summed E-state index contributed by atoms with van der Waals surface area (Å²) in [7, 11) is 0. The Labute approximate surface area is 141 Å². The normalized spacial score (nSPS) is 16.5. The second-order valence-electron chi connectivity index (χ2n) is 4.98. The van der Waals surface area contributed by atoms with E-state index in [1.807, 2.05) is 6.07 Å². The number of benzene rings is 1. The predicted molar refractivity (Wildman–Crippen MR) is 85.5 cm³/mol. The lowest BCUT2D eigenvalue weighted by molar-refractivity contribution is 0.371. The van der Waals surface area contributed by atoms with Gasteiger partial charge in [-0.3, -0.25) is 0 Å². The van der Waals surface area contributed by atoms with E-state index in [9.17, 15) is 10.1 Å². The highest BCUT2D eigenvalue weighted by atomic mass is 35.5. The first kappa shape index (κ1) is 15.5. The Bertz CT molecular complexity index is 921. The maximum atomic E-state index is 12.4. The fourth-order valence-electron chi connectivity index (χ4n) is 2.59. The van der Waals surface area contributed by atoms with E-state index in [-0.39, 0.29) is 22.8 Å². The molecule has 1 aliphatic heterocycles. The Hall–Kier alpha value is -2.42. The van der Waals surface area contributed by atoms with E-state index < -0.39 is 11.5 Å². The number of hydrogen-bond donors (Lipinski definition) is 1. The summed E-state index contributed by atoms with van der Waals surface area (Å²) in [5.74, 6) is -0.338. The zero-order chi connectivity index (χ0) is 16.7. The van der Waals surface area contributed by atoms with Crippen molar-refractivity contribution in [2.45, 2.75) is 12.8 Å². The summed E-state index contributed by atoms with van der Waals surface area (Å²) in [6, 6.07) is 8.43. The lowest BCUT2D eigenvalue weighted by atomic mass is 9.84. The molecule has 23 heavy (non-hydrogen) atoms. The minimum absolute atomic E-state index is 0.0589. The number of fused-ring (bicyclic) bond motifs is 1. The van der Waals surface area contributed by atoms with Gasteiger partial charge < -0.3 is 14.9 Å². The van der Waals surface area contributed by atoms with Crippen molar-refractivity contribution < 1.29 is 9.15 Å². The van der Waals surface area contributed by atoms with Gasteiger partial charge in [-0.25, -0.2) is 4.79 Å². The minimum Gasteiger partial charge on any atom is -0.440 e. The van der Waals surface area contributed by atoms with E-state index in [1.165, 1.54) is 6.07 Å². The summed E-state index contributed by atoms with van der Waals surface area (Å²) >= 11 is 12.5. The highest BCUT2D eigenvalue weighted by Crippen LogP contribution is 2.45. The SMILES string of the molecule is Cc1cc2c(c(=O)o1)C(c1c(Cl)cccc1Cl)C(C#N)=C(N)O2. The monoisotopic (exact) mass is 348 g/mol. The van der Waals surface area contributed by atoms with Crippen LogP contribution < -0.4 is 16.1 Å². The summed E-state index contributed by atoms with van der Waals surface area (Å²) in [5.41, 5.74) is 5.85. The summed E-state index contributed by atoms with van der Waals surface area (Å²) in [5, 5.41) is 10.1. The fraction of sp³-hybridized carbons (Fsp3) is 0.125. The van der Waals surface area contributed by atoms with Gasteiger partial charge in [0.15, 0.2) is 0 Å². The molecular formula is C16H10Cl2N2O3. The van der Waals surface area contributed by atoms with Crippen LogP contribution in [0.4, 0.5) is 0 Å². The second-order valence-corrected chi connectivity index (χ2v) is 5.80. The van der Waals surface area contributed by atoms with Gasteiger partial charge in [0.2, 0.25) is 5.88 Å². The number of aryl methyl sites for hydroxylation is 1. The molecule has 0 radical (unpaired) electrons. The van der Waals surface area contributed by atoms with Crippen molar-refractivity contribution in [3.05, 3.63) is 73.1 Å². The van der Waals surface area contributed by atoms with Gasteiger partial charge in [0, 0.05) is 21.7 Å². The van der Waals surface area contributed by atoms with E-state index in [1.54, 1.807) is 25.1 Å². The van der Waals surface area contributed by atoms with Crippen molar-refractivity contribution in [1.29, 1.82) is 5.26 Å². The van der Waals surface area contributed by atoms with Crippen molar-refractivity contribution in [2.75, 3.05) is 0 Å². The maximum absolute atomic E-state index is 12.4. The molecule has 0 fully saturated rings. The highest BCUT2D eigenvalue weighted by Gasteiger charge is 2.36. The fourth-order valence-corrected chi connectivity index (χ4v) is 3.21.